The zero-order valence-electron chi connectivity index (χ0n) is 23.9. The molecule has 2 saturated carbocycles. The maximum absolute atomic E-state index is 14.1. The number of rotatable bonds is 6. The van der Waals surface area contributed by atoms with E-state index in [0.29, 0.717) is 30.4 Å². The molecule has 214 valence electrons. The van der Waals surface area contributed by atoms with Gasteiger partial charge in [0.1, 0.15) is 5.78 Å². The van der Waals surface area contributed by atoms with E-state index in [1.165, 1.54) is 6.92 Å². The van der Waals surface area contributed by atoms with Gasteiger partial charge in [0.05, 0.1) is 29.8 Å². The van der Waals surface area contributed by atoms with Gasteiger partial charge in [-0.3, -0.25) is 14.4 Å². The number of aliphatic hydroxyl groups is 4. The highest BCUT2D eigenvalue weighted by Gasteiger charge is 2.71. The van der Waals surface area contributed by atoms with Gasteiger partial charge in [-0.1, -0.05) is 41.5 Å². The van der Waals surface area contributed by atoms with Crippen LogP contribution in [0.5, 0.6) is 0 Å². The number of Topliss-reactive ketones (excluding diaryl/α,β-unsaturated/α-hetero) is 2. The third kappa shape index (κ3) is 3.88. The summed E-state index contributed by atoms with van der Waals surface area (Å²) in [5.41, 5.74) is -3.41. The van der Waals surface area contributed by atoms with Gasteiger partial charge in [0.15, 0.2) is 5.78 Å². The van der Waals surface area contributed by atoms with Gasteiger partial charge in [0.2, 0.25) is 0 Å². The average Bonchev–Trinajstić information content (AvgIpc) is 2.99. The lowest BCUT2D eigenvalue weighted by Crippen LogP contribution is -2.61. The van der Waals surface area contributed by atoms with Crippen molar-refractivity contribution in [2.24, 2.45) is 39.4 Å². The van der Waals surface area contributed by atoms with Crippen molar-refractivity contribution in [3.63, 3.8) is 0 Å². The molecule has 0 saturated heterocycles. The number of carboxylic acids is 1. The quantitative estimate of drug-likeness (QED) is 0.349. The Morgan fingerprint density at radius 1 is 1.05 bits per heavy atom. The number of hydrogen-bond donors (Lipinski definition) is 5. The van der Waals surface area contributed by atoms with Crippen LogP contribution in [0.3, 0.4) is 0 Å². The number of carboxylic acid groups (broad SMARTS) is 1. The third-order valence-corrected chi connectivity index (χ3v) is 11.8. The molecule has 0 aliphatic heterocycles. The Morgan fingerprint density at radius 3 is 2.24 bits per heavy atom. The Labute approximate surface area is 225 Å². The molecule has 0 amide bonds. The maximum atomic E-state index is 14.1. The van der Waals surface area contributed by atoms with Gasteiger partial charge in [0, 0.05) is 30.3 Å². The molecular weight excluding hydrogens is 488 g/mol. The van der Waals surface area contributed by atoms with Crippen molar-refractivity contribution < 1.29 is 39.9 Å². The topological polar surface area (TPSA) is 152 Å². The lowest BCUT2D eigenvalue weighted by Gasteiger charge is -2.62. The van der Waals surface area contributed by atoms with Crippen LogP contribution in [0.1, 0.15) is 93.4 Å². The van der Waals surface area contributed by atoms with E-state index >= 15 is 0 Å². The summed E-state index contributed by atoms with van der Waals surface area (Å²) in [7, 11) is 0. The van der Waals surface area contributed by atoms with Gasteiger partial charge in [-0.25, -0.2) is 0 Å². The number of allylic oxidation sites excluding steroid dienone is 1. The first-order valence-electron chi connectivity index (χ1n) is 14.0. The summed E-state index contributed by atoms with van der Waals surface area (Å²) in [6.07, 6.45) is -1.19. The Kier molecular flexibility index (Phi) is 6.92. The number of ketones is 2. The lowest BCUT2D eigenvalue weighted by molar-refractivity contribution is -0.148. The van der Waals surface area contributed by atoms with Crippen LogP contribution in [0.4, 0.5) is 0 Å². The first-order chi connectivity index (χ1) is 17.2. The van der Waals surface area contributed by atoms with Crippen molar-refractivity contribution in [1.82, 2.24) is 0 Å². The lowest BCUT2D eigenvalue weighted by atomic mass is 9.42. The molecule has 4 rings (SSSR count). The second-order valence-corrected chi connectivity index (χ2v) is 14.4. The molecule has 0 aromatic rings. The Bertz CT molecular complexity index is 1070. The number of carbonyl (C=O) groups is 3. The van der Waals surface area contributed by atoms with Crippen LogP contribution in [0.15, 0.2) is 11.1 Å². The molecule has 0 spiro atoms. The minimum absolute atomic E-state index is 0.0674. The smallest absolute Gasteiger partial charge is 0.306 e. The summed E-state index contributed by atoms with van der Waals surface area (Å²) in [5, 5.41) is 54.9. The number of aliphatic carboxylic acids is 1. The first kappa shape index (κ1) is 29.4. The predicted octanol–water partition coefficient (Wildman–Crippen LogP) is 3.04. The molecule has 0 unspecified atom stereocenters. The minimum atomic E-state index is -1.58. The number of aliphatic hydroxyl groups excluding tert-OH is 3. The van der Waals surface area contributed by atoms with Gasteiger partial charge in [-0.2, -0.15) is 0 Å². The molecule has 4 aliphatic carbocycles. The number of hydrogen-bond acceptors (Lipinski definition) is 7. The molecule has 8 nitrogen and oxygen atoms in total. The molecule has 0 aromatic carbocycles. The van der Waals surface area contributed by atoms with Crippen molar-refractivity contribution in [2.45, 2.75) is 117 Å². The van der Waals surface area contributed by atoms with E-state index in [2.05, 4.69) is 6.92 Å². The molecular formula is C30H46O8. The molecule has 5 N–H and O–H groups in total. The summed E-state index contributed by atoms with van der Waals surface area (Å²) in [6.45, 7) is 12.8. The molecule has 4 aliphatic rings. The van der Waals surface area contributed by atoms with Crippen molar-refractivity contribution in [2.75, 3.05) is 0 Å². The summed E-state index contributed by atoms with van der Waals surface area (Å²) in [5.74, 6) is -3.17. The Morgan fingerprint density at radius 2 is 1.66 bits per heavy atom. The van der Waals surface area contributed by atoms with Crippen molar-refractivity contribution in [3.05, 3.63) is 11.1 Å². The maximum Gasteiger partial charge on any atom is 0.306 e. The fraction of sp³-hybridized carbons (Fsp3) is 0.833. The predicted molar refractivity (Wildman–Crippen MR) is 140 cm³/mol. The van der Waals surface area contributed by atoms with E-state index in [1.54, 1.807) is 6.92 Å². The average molecular weight is 535 g/mol. The molecule has 0 heterocycles. The highest BCUT2D eigenvalue weighted by Crippen LogP contribution is 2.72. The summed E-state index contributed by atoms with van der Waals surface area (Å²) < 4.78 is 0. The normalized spacial score (nSPS) is 44.5. The molecule has 10 atom stereocenters. The SMILES string of the molecule is C[C@@H](CC(=O)C[C@@](C)(O)[C@@H]1C[C@H](O)[C@]2(C)C3=C(C(=O)C[C@@]12C)[C@]1(C)CC[C@H](O)C(C)(C)[C@@H]1C[C@@H]3O)C(=O)O. The zero-order valence-corrected chi connectivity index (χ0v) is 23.9. The van der Waals surface area contributed by atoms with Gasteiger partial charge in [0.25, 0.3) is 0 Å². The van der Waals surface area contributed by atoms with E-state index in [0.717, 1.165) is 0 Å². The Balaban J connectivity index is 1.78. The van der Waals surface area contributed by atoms with Crippen molar-refractivity contribution >= 4 is 17.5 Å². The van der Waals surface area contributed by atoms with E-state index in [-0.39, 0.29) is 43.2 Å². The second-order valence-electron chi connectivity index (χ2n) is 14.4. The standard InChI is InChI=1S/C30H46O8/c1-15(25(36)37)10-16(31)13-29(6,38)20-12-22(35)30(7)24-17(32)11-19-26(2,3)21(34)8-9-27(19,4)23(24)18(33)14-28(20,30)5/h15,17,19-22,32,34-35,38H,8-14H2,1-7H3,(H,36,37)/t15-,17-,19-,20+,21-,22-,27+,28-,29+,30+/m0/s1. The first-order valence-corrected chi connectivity index (χ1v) is 14.0. The molecule has 2 fully saturated rings. The summed E-state index contributed by atoms with van der Waals surface area (Å²) in [4.78, 5) is 38.1. The molecule has 0 radical (unpaired) electrons. The molecule has 38 heavy (non-hydrogen) atoms. The number of fused-ring (bicyclic) bond motifs is 4. The van der Waals surface area contributed by atoms with Crippen LogP contribution in [0.25, 0.3) is 0 Å². The van der Waals surface area contributed by atoms with Gasteiger partial charge >= 0.3 is 5.97 Å². The largest absolute Gasteiger partial charge is 0.481 e. The highest BCUT2D eigenvalue weighted by molar-refractivity contribution is 6.00. The summed E-state index contributed by atoms with van der Waals surface area (Å²) >= 11 is 0. The van der Waals surface area contributed by atoms with Crippen LogP contribution in [0.2, 0.25) is 0 Å². The van der Waals surface area contributed by atoms with Crippen LogP contribution in [0, 0.1) is 39.4 Å². The highest BCUT2D eigenvalue weighted by atomic mass is 16.4. The molecule has 0 bridgehead atoms. The van der Waals surface area contributed by atoms with Crippen LogP contribution in [-0.2, 0) is 14.4 Å². The van der Waals surface area contributed by atoms with Gasteiger partial charge in [-0.05, 0) is 66.3 Å². The van der Waals surface area contributed by atoms with E-state index in [4.69, 9.17) is 0 Å². The van der Waals surface area contributed by atoms with E-state index < -0.39 is 63.4 Å². The zero-order chi connectivity index (χ0) is 28.8. The van der Waals surface area contributed by atoms with Crippen molar-refractivity contribution in [1.29, 1.82) is 0 Å². The van der Waals surface area contributed by atoms with Crippen LogP contribution in [-0.4, -0.2) is 67.0 Å². The van der Waals surface area contributed by atoms with E-state index in [9.17, 15) is 39.9 Å². The van der Waals surface area contributed by atoms with Gasteiger partial charge < -0.3 is 25.5 Å². The molecule has 0 aromatic heterocycles. The minimum Gasteiger partial charge on any atom is -0.481 e. The third-order valence-electron chi connectivity index (χ3n) is 11.8. The van der Waals surface area contributed by atoms with E-state index in [1.807, 2.05) is 27.7 Å². The fourth-order valence-corrected chi connectivity index (χ4v) is 9.43. The Hall–Kier alpha value is -1.61. The molecule has 8 heteroatoms. The van der Waals surface area contributed by atoms with Gasteiger partial charge in [-0.15, -0.1) is 0 Å². The summed E-state index contributed by atoms with van der Waals surface area (Å²) in [6, 6.07) is 0. The van der Waals surface area contributed by atoms with Crippen molar-refractivity contribution in [3.8, 4) is 0 Å². The monoisotopic (exact) mass is 534 g/mol. The van der Waals surface area contributed by atoms with Crippen LogP contribution < -0.4 is 0 Å². The second kappa shape index (κ2) is 8.95. The fourth-order valence-electron chi connectivity index (χ4n) is 9.43. The number of carbonyl (C=O) groups excluding carboxylic acids is 2. The van der Waals surface area contributed by atoms with Crippen LogP contribution >= 0.6 is 0 Å².